The van der Waals surface area contributed by atoms with Gasteiger partial charge < -0.3 is 29.4 Å². The lowest BCUT2D eigenvalue weighted by atomic mass is 9.58. The average molecular weight is 568 g/mol. The predicted octanol–water partition coefficient (Wildman–Crippen LogP) is 3.68. The van der Waals surface area contributed by atoms with Gasteiger partial charge in [0.15, 0.2) is 11.9 Å². The minimum Gasteiger partial charge on any atom is -0.481 e. The van der Waals surface area contributed by atoms with Crippen molar-refractivity contribution in [2.45, 2.75) is 128 Å². The molecule has 1 spiro atoms. The summed E-state index contributed by atoms with van der Waals surface area (Å²) in [6.45, 7) is 10.5. The molecule has 2 bridgehead atoms. The summed E-state index contributed by atoms with van der Waals surface area (Å²) in [5.74, 6) is -2.34. The number of carboxylic acids is 1. The van der Waals surface area contributed by atoms with E-state index in [9.17, 15) is 19.5 Å². The van der Waals surface area contributed by atoms with Crippen molar-refractivity contribution in [3.8, 4) is 0 Å². The van der Waals surface area contributed by atoms with Gasteiger partial charge >= 0.3 is 11.9 Å². The minimum atomic E-state index is -0.979. The smallest absolute Gasteiger partial charge is 0.308 e. The third-order valence-corrected chi connectivity index (χ3v) is 9.95. The normalized spacial score (nSPS) is 42.7. The van der Waals surface area contributed by atoms with Crippen molar-refractivity contribution in [1.82, 2.24) is 5.32 Å². The number of carboxylic acid groups (broad SMARTS) is 1. The highest BCUT2D eigenvalue weighted by atomic mass is 17.3. The van der Waals surface area contributed by atoms with Crippen molar-refractivity contribution in [2.24, 2.45) is 29.6 Å². The molecule has 226 valence electrons. The van der Waals surface area contributed by atoms with Gasteiger partial charge in [-0.15, -0.1) is 0 Å². The summed E-state index contributed by atoms with van der Waals surface area (Å²) < 4.78 is 24.1. The summed E-state index contributed by atoms with van der Waals surface area (Å²) in [6.07, 6.45) is 2.85. The summed E-state index contributed by atoms with van der Waals surface area (Å²) in [5.41, 5.74) is -1.12. The molecule has 10 atom stereocenters. The number of carbonyl (C=O) groups excluding carboxylic acids is 2. The Hall–Kier alpha value is -1.79. The largest absolute Gasteiger partial charge is 0.481 e. The molecule has 0 aromatic heterocycles. The van der Waals surface area contributed by atoms with E-state index in [0.717, 1.165) is 19.3 Å². The molecule has 1 saturated carbocycles. The second-order valence-corrected chi connectivity index (χ2v) is 13.4. The molecule has 0 unspecified atom stereocenters. The van der Waals surface area contributed by atoms with Gasteiger partial charge in [-0.2, -0.15) is 0 Å². The lowest BCUT2D eigenvalue weighted by molar-refractivity contribution is -0.576. The van der Waals surface area contributed by atoms with Crippen LogP contribution >= 0.6 is 0 Å². The van der Waals surface area contributed by atoms with Crippen LogP contribution in [-0.4, -0.2) is 65.2 Å². The monoisotopic (exact) mass is 567 g/mol. The number of fused-ring (bicyclic) bond motifs is 2. The van der Waals surface area contributed by atoms with Gasteiger partial charge in [-0.05, 0) is 70.6 Å². The predicted molar refractivity (Wildman–Crippen MR) is 139 cm³/mol. The van der Waals surface area contributed by atoms with E-state index in [0.29, 0.717) is 31.8 Å². The topological polar surface area (TPSA) is 139 Å². The molecule has 1 amide bonds. The molecule has 11 heteroatoms. The van der Waals surface area contributed by atoms with Gasteiger partial charge in [0.25, 0.3) is 0 Å². The van der Waals surface area contributed by atoms with Crippen LogP contribution in [0.2, 0.25) is 0 Å². The molecule has 11 nitrogen and oxygen atoms in total. The van der Waals surface area contributed by atoms with Crippen molar-refractivity contribution in [3.05, 3.63) is 0 Å². The molecule has 6 rings (SSSR count). The maximum absolute atomic E-state index is 12.9. The van der Waals surface area contributed by atoms with Crippen LogP contribution in [0, 0.1) is 29.6 Å². The Bertz CT molecular complexity index is 988. The van der Waals surface area contributed by atoms with Gasteiger partial charge in [-0.3, -0.25) is 14.4 Å². The quantitative estimate of drug-likeness (QED) is 0.330. The number of hydrogen-bond acceptors (Lipinski definition) is 9. The van der Waals surface area contributed by atoms with Gasteiger partial charge in [0.2, 0.25) is 18.0 Å². The number of aliphatic carboxylic acids is 1. The SMILES string of the molecule is C[C@H]1[C@H](OC(=O)CCC(=O)N[C@@H](CC(=O)O)[C@H]2CCOC(C)(C)C2)O[C@@H]2O[C@]3(C)CC[C@H]4[C@H](C)CC[C@@H]1[C@@]24OO3. The van der Waals surface area contributed by atoms with Crippen LogP contribution in [0.1, 0.15) is 92.4 Å². The maximum atomic E-state index is 12.9. The van der Waals surface area contributed by atoms with Gasteiger partial charge in [-0.25, -0.2) is 9.78 Å². The molecule has 5 aliphatic heterocycles. The summed E-state index contributed by atoms with van der Waals surface area (Å²) in [7, 11) is 0. The molecular formula is C29H45NO10. The Morgan fingerprint density at radius 1 is 1.02 bits per heavy atom. The molecule has 5 saturated heterocycles. The highest BCUT2D eigenvalue weighted by Crippen LogP contribution is 2.60. The summed E-state index contributed by atoms with van der Waals surface area (Å²) in [5, 5.41) is 12.3. The summed E-state index contributed by atoms with van der Waals surface area (Å²) in [6, 6.07) is -0.532. The Morgan fingerprint density at radius 3 is 2.52 bits per heavy atom. The zero-order valence-corrected chi connectivity index (χ0v) is 24.3. The van der Waals surface area contributed by atoms with Gasteiger partial charge in [0.05, 0.1) is 18.4 Å². The molecule has 2 N–H and O–H groups in total. The first-order valence-corrected chi connectivity index (χ1v) is 14.9. The summed E-state index contributed by atoms with van der Waals surface area (Å²) in [4.78, 5) is 49.1. The standard InChI is InChI=1S/C29H45NO10/c1-16-6-7-20-17(2)25(37-26-29(20)19(16)10-12-28(5,38-26)39-40-29)36-24(34)9-8-22(31)30-21(14-23(32)33)18-11-13-35-27(3,4)15-18/h16-21,25-26H,6-15H2,1-5H3,(H,30,31)(H,32,33)/t16-,17-,18+,19+,20+,21+,25-,26-,28+,29-/m1/s1. The van der Waals surface area contributed by atoms with E-state index in [1.165, 1.54) is 0 Å². The number of rotatable bonds is 8. The van der Waals surface area contributed by atoms with Gasteiger partial charge in [-0.1, -0.05) is 13.8 Å². The van der Waals surface area contributed by atoms with E-state index in [1.54, 1.807) is 0 Å². The van der Waals surface area contributed by atoms with E-state index in [2.05, 4.69) is 12.2 Å². The van der Waals surface area contributed by atoms with E-state index < -0.39 is 41.9 Å². The number of nitrogens with one attached hydrogen (secondary N) is 1. The molecule has 0 aromatic rings. The van der Waals surface area contributed by atoms with E-state index in [-0.39, 0.29) is 54.4 Å². The minimum absolute atomic E-state index is 0.0236. The Labute approximate surface area is 235 Å². The molecule has 6 fully saturated rings. The third-order valence-electron chi connectivity index (χ3n) is 9.95. The molecule has 6 aliphatic rings. The van der Waals surface area contributed by atoms with Crippen molar-refractivity contribution in [2.75, 3.05) is 6.61 Å². The molecule has 40 heavy (non-hydrogen) atoms. The number of amides is 1. The van der Waals surface area contributed by atoms with E-state index in [4.69, 9.17) is 28.7 Å². The van der Waals surface area contributed by atoms with Crippen LogP contribution < -0.4 is 5.32 Å². The van der Waals surface area contributed by atoms with Crippen molar-refractivity contribution >= 4 is 17.8 Å². The van der Waals surface area contributed by atoms with Gasteiger partial charge in [0.1, 0.15) is 0 Å². The highest BCUT2D eigenvalue weighted by molar-refractivity contribution is 5.82. The van der Waals surface area contributed by atoms with Crippen molar-refractivity contribution in [3.63, 3.8) is 0 Å². The van der Waals surface area contributed by atoms with Crippen LogP contribution in [-0.2, 0) is 43.1 Å². The van der Waals surface area contributed by atoms with Crippen molar-refractivity contribution in [1.29, 1.82) is 0 Å². The first-order chi connectivity index (χ1) is 18.8. The number of ether oxygens (including phenoxy) is 4. The second-order valence-electron chi connectivity index (χ2n) is 13.4. The molecule has 5 heterocycles. The Morgan fingerprint density at radius 2 is 1.80 bits per heavy atom. The van der Waals surface area contributed by atoms with Crippen LogP contribution in [0.4, 0.5) is 0 Å². The van der Waals surface area contributed by atoms with Gasteiger partial charge in [0, 0.05) is 37.3 Å². The molecular weight excluding hydrogens is 522 g/mol. The maximum Gasteiger partial charge on any atom is 0.308 e. The number of hydrogen-bond donors (Lipinski definition) is 2. The van der Waals surface area contributed by atoms with Crippen LogP contribution in [0.15, 0.2) is 0 Å². The molecule has 1 aliphatic carbocycles. The number of carbonyl (C=O) groups is 3. The summed E-state index contributed by atoms with van der Waals surface area (Å²) >= 11 is 0. The first kappa shape index (κ1) is 29.7. The highest BCUT2D eigenvalue weighted by Gasteiger charge is 2.69. The van der Waals surface area contributed by atoms with E-state index >= 15 is 0 Å². The molecule has 0 aromatic carbocycles. The fraction of sp³-hybridized carbons (Fsp3) is 0.897. The zero-order chi connectivity index (χ0) is 28.9. The van der Waals surface area contributed by atoms with Crippen LogP contribution in [0.25, 0.3) is 0 Å². The number of esters is 1. The Balaban J connectivity index is 1.19. The fourth-order valence-electron chi connectivity index (χ4n) is 7.84. The average Bonchev–Trinajstić information content (AvgIpc) is 3.10. The first-order valence-electron chi connectivity index (χ1n) is 14.9. The zero-order valence-electron chi connectivity index (χ0n) is 24.3. The van der Waals surface area contributed by atoms with Crippen molar-refractivity contribution < 1.29 is 48.2 Å². The second kappa shape index (κ2) is 11.1. The van der Waals surface area contributed by atoms with E-state index in [1.807, 2.05) is 27.7 Å². The Kier molecular flexibility index (Phi) is 8.26. The fourth-order valence-corrected chi connectivity index (χ4v) is 7.84. The van der Waals surface area contributed by atoms with Crippen LogP contribution in [0.5, 0.6) is 0 Å². The lowest BCUT2D eigenvalue weighted by Gasteiger charge is -2.59. The molecule has 0 radical (unpaired) electrons. The lowest BCUT2D eigenvalue weighted by Crippen LogP contribution is -2.70. The third kappa shape index (κ3) is 5.77. The van der Waals surface area contributed by atoms with Crippen LogP contribution in [0.3, 0.4) is 0 Å².